The van der Waals surface area contributed by atoms with Crippen LogP contribution >= 0.6 is 0 Å². The van der Waals surface area contributed by atoms with Crippen LogP contribution in [0.15, 0.2) is 48.8 Å². The van der Waals surface area contributed by atoms with E-state index in [1.54, 1.807) is 24.3 Å². The van der Waals surface area contributed by atoms with Crippen molar-refractivity contribution in [2.45, 2.75) is 44.9 Å². The molecule has 2 aromatic heterocycles. The van der Waals surface area contributed by atoms with Crippen LogP contribution in [0.5, 0.6) is 5.88 Å². The molecule has 2 atom stereocenters. The van der Waals surface area contributed by atoms with Crippen molar-refractivity contribution in [3.05, 3.63) is 71.2 Å². The number of nitrogens with zero attached hydrogens (tertiary/aromatic N) is 2. The van der Waals surface area contributed by atoms with Crippen molar-refractivity contribution in [1.29, 1.82) is 0 Å². The fraction of sp³-hybridized carbons (Fsp3) is 0.393. The first-order chi connectivity index (χ1) is 17.7. The van der Waals surface area contributed by atoms with Gasteiger partial charge in [0, 0.05) is 47.8 Å². The number of alkyl halides is 1. The van der Waals surface area contributed by atoms with Crippen LogP contribution in [-0.2, 0) is 10.4 Å². The number of carbonyl (C=O) groups is 1. The Morgan fingerprint density at radius 2 is 2.00 bits per heavy atom. The number of pyridine rings is 2. The molecule has 4 rings (SSSR count). The van der Waals surface area contributed by atoms with Gasteiger partial charge in [-0.05, 0) is 68.1 Å². The molecular weight excluding hydrogens is 477 g/mol. The highest BCUT2D eigenvalue weighted by molar-refractivity contribution is 6.05. The van der Waals surface area contributed by atoms with Gasteiger partial charge in [0.1, 0.15) is 12.3 Å². The summed E-state index contributed by atoms with van der Waals surface area (Å²) in [5.74, 6) is -0.411. The molecular formula is C28H32FN3O5. The molecule has 1 saturated heterocycles. The van der Waals surface area contributed by atoms with Crippen molar-refractivity contribution in [3.63, 3.8) is 0 Å². The SMILES string of the molecule is Cc1ccc(NC(=O)c2ccncc2)c(C(C)(C)F)c1-c1cc(OCCO)nc(C2CCOCC2O)c1. The van der Waals surface area contributed by atoms with E-state index >= 15 is 4.39 Å². The smallest absolute Gasteiger partial charge is 0.255 e. The van der Waals surface area contributed by atoms with Gasteiger partial charge in [-0.2, -0.15) is 0 Å². The van der Waals surface area contributed by atoms with E-state index in [0.29, 0.717) is 46.7 Å². The van der Waals surface area contributed by atoms with Crippen LogP contribution < -0.4 is 10.1 Å². The quantitative estimate of drug-likeness (QED) is 0.418. The lowest BCUT2D eigenvalue weighted by Gasteiger charge is -2.29. The number of aromatic nitrogens is 2. The molecule has 3 aromatic rings. The molecule has 1 aromatic carbocycles. The summed E-state index contributed by atoms with van der Waals surface area (Å²) < 4.78 is 26.9. The van der Waals surface area contributed by atoms with Crippen molar-refractivity contribution in [1.82, 2.24) is 9.97 Å². The van der Waals surface area contributed by atoms with Crippen molar-refractivity contribution in [3.8, 4) is 17.0 Å². The Kier molecular flexibility index (Phi) is 8.16. The zero-order valence-corrected chi connectivity index (χ0v) is 21.2. The lowest BCUT2D eigenvalue weighted by molar-refractivity contribution is -0.0215. The maximum absolute atomic E-state index is 15.9. The van der Waals surface area contributed by atoms with E-state index < -0.39 is 11.8 Å². The molecule has 2 unspecified atom stereocenters. The summed E-state index contributed by atoms with van der Waals surface area (Å²) in [6, 6.07) is 10.2. The molecule has 37 heavy (non-hydrogen) atoms. The monoisotopic (exact) mass is 509 g/mol. The minimum Gasteiger partial charge on any atom is -0.475 e. The first kappa shape index (κ1) is 26.7. The lowest BCUT2D eigenvalue weighted by atomic mass is 9.85. The average Bonchev–Trinajstić information content (AvgIpc) is 2.88. The average molecular weight is 510 g/mol. The highest BCUT2D eigenvalue weighted by Gasteiger charge is 2.31. The second kappa shape index (κ2) is 11.3. The number of aryl methyl sites for hydroxylation is 1. The third kappa shape index (κ3) is 6.12. The second-order valence-corrected chi connectivity index (χ2v) is 9.57. The van der Waals surface area contributed by atoms with E-state index in [9.17, 15) is 15.0 Å². The fourth-order valence-corrected chi connectivity index (χ4v) is 4.65. The van der Waals surface area contributed by atoms with Crippen LogP contribution in [0.3, 0.4) is 0 Å². The minimum atomic E-state index is -1.82. The molecule has 3 N–H and O–H groups in total. The molecule has 0 saturated carbocycles. The number of aliphatic hydroxyl groups is 2. The molecule has 196 valence electrons. The second-order valence-electron chi connectivity index (χ2n) is 9.57. The Balaban J connectivity index is 1.86. The number of aliphatic hydroxyl groups excluding tert-OH is 2. The third-order valence-corrected chi connectivity index (χ3v) is 6.36. The summed E-state index contributed by atoms with van der Waals surface area (Å²) in [6.07, 6.45) is 2.87. The van der Waals surface area contributed by atoms with E-state index in [-0.39, 0.29) is 37.5 Å². The Bertz CT molecular complexity index is 1250. The van der Waals surface area contributed by atoms with Gasteiger partial charge in [-0.15, -0.1) is 0 Å². The summed E-state index contributed by atoms with van der Waals surface area (Å²) in [5.41, 5.74) is 1.85. The Labute approximate surface area is 215 Å². The predicted molar refractivity (Wildman–Crippen MR) is 137 cm³/mol. The van der Waals surface area contributed by atoms with E-state index in [1.807, 2.05) is 19.1 Å². The maximum atomic E-state index is 15.9. The van der Waals surface area contributed by atoms with Gasteiger partial charge in [-0.1, -0.05) is 6.07 Å². The molecule has 1 aliphatic heterocycles. The molecule has 0 bridgehead atoms. The number of ether oxygens (including phenoxy) is 2. The van der Waals surface area contributed by atoms with Gasteiger partial charge >= 0.3 is 0 Å². The minimum absolute atomic E-state index is 0.0364. The van der Waals surface area contributed by atoms with E-state index in [1.165, 1.54) is 26.2 Å². The number of amides is 1. The molecule has 8 nitrogen and oxygen atoms in total. The first-order valence-electron chi connectivity index (χ1n) is 12.2. The summed E-state index contributed by atoms with van der Waals surface area (Å²) >= 11 is 0. The fourth-order valence-electron chi connectivity index (χ4n) is 4.65. The van der Waals surface area contributed by atoms with Gasteiger partial charge in [0.15, 0.2) is 0 Å². The standard InChI is InChI=1S/C28H32FN3O5/c1-17-4-5-21(32-27(35)18-6-9-30-10-7-18)26(28(2,3)29)25(17)19-14-22(20-8-12-36-16-23(20)34)31-24(15-19)37-13-11-33/h4-7,9-10,14-15,20,23,33-34H,8,11-13,16H2,1-3H3,(H,32,35). The Morgan fingerprint density at radius 1 is 1.24 bits per heavy atom. The number of nitrogens with one attached hydrogen (secondary N) is 1. The number of carbonyl (C=O) groups excluding carboxylic acids is 1. The van der Waals surface area contributed by atoms with E-state index in [0.717, 1.165) is 5.56 Å². The third-order valence-electron chi connectivity index (χ3n) is 6.36. The molecule has 0 spiro atoms. The van der Waals surface area contributed by atoms with E-state index in [4.69, 9.17) is 9.47 Å². The number of anilines is 1. The van der Waals surface area contributed by atoms with Gasteiger partial charge in [-0.25, -0.2) is 9.37 Å². The molecule has 0 aliphatic carbocycles. The zero-order valence-electron chi connectivity index (χ0n) is 21.2. The van der Waals surface area contributed by atoms with Gasteiger partial charge in [0.2, 0.25) is 5.88 Å². The predicted octanol–water partition coefficient (Wildman–Crippen LogP) is 4.14. The first-order valence-corrected chi connectivity index (χ1v) is 12.2. The largest absolute Gasteiger partial charge is 0.475 e. The molecule has 1 fully saturated rings. The lowest BCUT2D eigenvalue weighted by Crippen LogP contribution is -2.31. The zero-order chi connectivity index (χ0) is 26.6. The number of hydrogen-bond acceptors (Lipinski definition) is 7. The topological polar surface area (TPSA) is 114 Å². The summed E-state index contributed by atoms with van der Waals surface area (Å²) in [6.45, 7) is 5.28. The van der Waals surface area contributed by atoms with Gasteiger partial charge in [0.25, 0.3) is 5.91 Å². The molecule has 9 heteroatoms. The van der Waals surface area contributed by atoms with Crippen molar-refractivity contribution in [2.24, 2.45) is 0 Å². The molecule has 0 radical (unpaired) electrons. The highest BCUT2D eigenvalue weighted by atomic mass is 19.1. The van der Waals surface area contributed by atoms with Crippen molar-refractivity contribution >= 4 is 11.6 Å². The summed E-state index contributed by atoms with van der Waals surface area (Å²) in [4.78, 5) is 21.5. The van der Waals surface area contributed by atoms with Crippen molar-refractivity contribution in [2.75, 3.05) is 31.7 Å². The van der Waals surface area contributed by atoms with Crippen LogP contribution in [0.25, 0.3) is 11.1 Å². The summed E-state index contributed by atoms with van der Waals surface area (Å²) in [7, 11) is 0. The van der Waals surface area contributed by atoms with Crippen LogP contribution in [0, 0.1) is 6.92 Å². The normalized spacial score (nSPS) is 17.9. The summed E-state index contributed by atoms with van der Waals surface area (Å²) in [5, 5.41) is 22.7. The Morgan fingerprint density at radius 3 is 2.68 bits per heavy atom. The van der Waals surface area contributed by atoms with Crippen molar-refractivity contribution < 1.29 is 28.9 Å². The number of halogens is 1. The van der Waals surface area contributed by atoms with E-state index in [2.05, 4.69) is 15.3 Å². The molecule has 1 aliphatic rings. The van der Waals surface area contributed by atoms with Crippen LogP contribution in [0.1, 0.15) is 53.4 Å². The van der Waals surface area contributed by atoms with Gasteiger partial charge in [-0.3, -0.25) is 9.78 Å². The molecule has 1 amide bonds. The number of rotatable bonds is 8. The number of hydrogen-bond donors (Lipinski definition) is 3. The highest BCUT2D eigenvalue weighted by Crippen LogP contribution is 2.43. The number of benzene rings is 1. The molecule has 3 heterocycles. The van der Waals surface area contributed by atoms with Crippen LogP contribution in [0.2, 0.25) is 0 Å². The van der Waals surface area contributed by atoms with Gasteiger partial charge < -0.3 is 25.0 Å². The Hall–Kier alpha value is -3.40. The maximum Gasteiger partial charge on any atom is 0.255 e. The van der Waals surface area contributed by atoms with Gasteiger partial charge in [0.05, 0.1) is 25.0 Å². The van der Waals surface area contributed by atoms with Crippen LogP contribution in [-0.4, -0.2) is 58.6 Å². The van der Waals surface area contributed by atoms with Crippen LogP contribution in [0.4, 0.5) is 10.1 Å².